The van der Waals surface area contributed by atoms with Crippen molar-refractivity contribution in [3.05, 3.63) is 16.6 Å². The van der Waals surface area contributed by atoms with Crippen LogP contribution in [0.2, 0.25) is 0 Å². The van der Waals surface area contributed by atoms with E-state index in [0.29, 0.717) is 0 Å². The number of hydrogen-bond donors (Lipinski definition) is 1. The minimum atomic E-state index is 0.753. The van der Waals surface area contributed by atoms with Gasteiger partial charge >= 0.3 is 0 Å². The van der Waals surface area contributed by atoms with Gasteiger partial charge in [0.05, 0.1) is 6.54 Å². The molecule has 2 bridgehead atoms. The van der Waals surface area contributed by atoms with Crippen LogP contribution in [0.3, 0.4) is 0 Å². The molecule has 106 valence electrons. The molecule has 0 aliphatic carbocycles. The first-order chi connectivity index (χ1) is 9.36. The van der Waals surface area contributed by atoms with Crippen LogP contribution in [0.1, 0.15) is 50.5 Å². The Kier molecular flexibility index (Phi) is 4.51. The van der Waals surface area contributed by atoms with E-state index in [9.17, 15) is 0 Å². The Morgan fingerprint density at radius 3 is 2.79 bits per heavy atom. The number of nitrogens with zero attached hydrogens (tertiary/aromatic N) is 2. The van der Waals surface area contributed by atoms with Crippen LogP contribution >= 0.6 is 11.3 Å². The Morgan fingerprint density at radius 2 is 2.16 bits per heavy atom. The van der Waals surface area contributed by atoms with E-state index >= 15 is 0 Å². The molecule has 4 heteroatoms. The fraction of sp³-hybridized carbons (Fsp3) is 0.800. The maximum Gasteiger partial charge on any atom is 0.107 e. The number of hydrogen-bond acceptors (Lipinski definition) is 4. The van der Waals surface area contributed by atoms with Crippen molar-refractivity contribution in [2.45, 2.75) is 70.1 Å². The topological polar surface area (TPSA) is 28.2 Å². The highest BCUT2D eigenvalue weighted by Crippen LogP contribution is 2.35. The minimum Gasteiger partial charge on any atom is -0.314 e. The predicted molar refractivity (Wildman–Crippen MR) is 80.4 cm³/mol. The van der Waals surface area contributed by atoms with Crippen molar-refractivity contribution in [1.82, 2.24) is 15.2 Å². The molecule has 2 atom stereocenters. The molecular formula is C15H25N3S. The van der Waals surface area contributed by atoms with Crippen LogP contribution in [0.15, 0.2) is 11.6 Å². The van der Waals surface area contributed by atoms with E-state index in [1.807, 2.05) is 6.20 Å². The third kappa shape index (κ3) is 3.18. The Balaban J connectivity index is 1.63. The van der Waals surface area contributed by atoms with E-state index in [-0.39, 0.29) is 0 Å². The van der Waals surface area contributed by atoms with Gasteiger partial charge in [0.15, 0.2) is 0 Å². The van der Waals surface area contributed by atoms with Gasteiger partial charge in [0.2, 0.25) is 0 Å². The van der Waals surface area contributed by atoms with Crippen molar-refractivity contribution in [2.24, 2.45) is 0 Å². The van der Waals surface area contributed by atoms with E-state index < -0.39 is 0 Å². The zero-order valence-corrected chi connectivity index (χ0v) is 12.7. The molecular weight excluding hydrogens is 254 g/mol. The average molecular weight is 279 g/mol. The van der Waals surface area contributed by atoms with Gasteiger partial charge in [-0.2, -0.15) is 0 Å². The lowest BCUT2D eigenvalue weighted by molar-refractivity contribution is 0.0177. The van der Waals surface area contributed by atoms with Gasteiger partial charge in [-0.3, -0.25) is 4.90 Å². The van der Waals surface area contributed by atoms with E-state index in [0.717, 1.165) is 24.7 Å². The Labute approximate surface area is 120 Å². The number of fused-ring (bicyclic) bond motifs is 2. The third-order valence-corrected chi connectivity index (χ3v) is 5.37. The summed E-state index contributed by atoms with van der Waals surface area (Å²) >= 11 is 1.80. The SMILES string of the molecule is CCCNC1CC2CCCC(C1)N2Cc1nccs1. The smallest absolute Gasteiger partial charge is 0.107 e. The molecule has 3 heterocycles. The minimum absolute atomic E-state index is 0.753. The van der Waals surface area contributed by atoms with Gasteiger partial charge in [-0.15, -0.1) is 11.3 Å². The Hall–Kier alpha value is -0.450. The predicted octanol–water partition coefficient (Wildman–Crippen LogP) is 3.03. The van der Waals surface area contributed by atoms with Crippen molar-refractivity contribution in [1.29, 1.82) is 0 Å². The van der Waals surface area contributed by atoms with E-state index in [1.165, 1.54) is 50.1 Å². The van der Waals surface area contributed by atoms with Crippen LogP contribution in [-0.4, -0.2) is 34.6 Å². The average Bonchev–Trinajstić information content (AvgIpc) is 2.89. The highest BCUT2D eigenvalue weighted by molar-refractivity contribution is 7.09. The number of rotatable bonds is 5. The van der Waals surface area contributed by atoms with Crippen LogP contribution < -0.4 is 5.32 Å². The van der Waals surface area contributed by atoms with Crippen LogP contribution in [0, 0.1) is 0 Å². The van der Waals surface area contributed by atoms with Crippen LogP contribution in [0.4, 0.5) is 0 Å². The molecule has 0 spiro atoms. The molecule has 3 rings (SSSR count). The van der Waals surface area contributed by atoms with E-state index in [1.54, 1.807) is 11.3 Å². The van der Waals surface area contributed by atoms with Crippen molar-refractivity contribution >= 4 is 11.3 Å². The number of thiazole rings is 1. The lowest BCUT2D eigenvalue weighted by atomic mass is 9.81. The lowest BCUT2D eigenvalue weighted by Crippen LogP contribution is -2.55. The fourth-order valence-corrected chi connectivity index (χ4v) is 4.36. The zero-order valence-electron chi connectivity index (χ0n) is 11.8. The Morgan fingerprint density at radius 1 is 1.37 bits per heavy atom. The third-order valence-electron chi connectivity index (χ3n) is 4.61. The molecule has 1 N–H and O–H groups in total. The molecule has 2 unspecified atom stereocenters. The Bertz CT molecular complexity index is 365. The lowest BCUT2D eigenvalue weighted by Gasteiger charge is -2.48. The number of aromatic nitrogens is 1. The van der Waals surface area contributed by atoms with Crippen LogP contribution in [-0.2, 0) is 6.54 Å². The molecule has 2 saturated heterocycles. The molecule has 0 amide bonds. The second kappa shape index (κ2) is 6.33. The molecule has 0 radical (unpaired) electrons. The normalized spacial score (nSPS) is 31.5. The van der Waals surface area contributed by atoms with E-state index in [2.05, 4.69) is 27.5 Å². The quantitative estimate of drug-likeness (QED) is 0.898. The van der Waals surface area contributed by atoms with Gasteiger partial charge in [-0.25, -0.2) is 4.98 Å². The van der Waals surface area contributed by atoms with Crippen molar-refractivity contribution < 1.29 is 0 Å². The van der Waals surface area contributed by atoms with Gasteiger partial charge in [0.1, 0.15) is 5.01 Å². The summed E-state index contributed by atoms with van der Waals surface area (Å²) in [7, 11) is 0. The summed E-state index contributed by atoms with van der Waals surface area (Å²) in [5.41, 5.74) is 0. The maximum atomic E-state index is 4.47. The summed E-state index contributed by atoms with van der Waals surface area (Å²) < 4.78 is 0. The van der Waals surface area contributed by atoms with Crippen molar-refractivity contribution in [2.75, 3.05) is 6.54 Å². The largest absolute Gasteiger partial charge is 0.314 e. The summed E-state index contributed by atoms with van der Waals surface area (Å²) in [5.74, 6) is 0. The van der Waals surface area contributed by atoms with Gasteiger partial charge in [-0.05, 0) is 38.6 Å². The molecule has 1 aromatic heterocycles. The first-order valence-electron chi connectivity index (χ1n) is 7.74. The molecule has 2 aliphatic heterocycles. The van der Waals surface area contributed by atoms with Crippen LogP contribution in [0.5, 0.6) is 0 Å². The van der Waals surface area contributed by atoms with Gasteiger partial charge in [-0.1, -0.05) is 13.3 Å². The molecule has 0 aromatic carbocycles. The zero-order chi connectivity index (χ0) is 13.1. The van der Waals surface area contributed by atoms with Crippen molar-refractivity contribution in [3.8, 4) is 0 Å². The second-order valence-corrected chi connectivity index (χ2v) is 6.94. The summed E-state index contributed by atoms with van der Waals surface area (Å²) in [6.45, 7) is 4.51. The fourth-order valence-electron chi connectivity index (χ4n) is 3.74. The summed E-state index contributed by atoms with van der Waals surface area (Å²) in [6, 6.07) is 2.32. The summed E-state index contributed by atoms with van der Waals surface area (Å²) in [5, 5.41) is 7.13. The number of piperidine rings is 2. The van der Waals surface area contributed by atoms with Crippen LogP contribution in [0.25, 0.3) is 0 Å². The number of nitrogens with one attached hydrogen (secondary N) is 1. The molecule has 0 saturated carbocycles. The molecule has 1 aromatic rings. The second-order valence-electron chi connectivity index (χ2n) is 5.96. The first kappa shape index (κ1) is 13.5. The van der Waals surface area contributed by atoms with Gasteiger partial charge < -0.3 is 5.32 Å². The standard InChI is InChI=1S/C15H25N3S/c1-2-6-16-12-9-13-4-3-5-14(10-12)18(13)11-15-17-7-8-19-15/h7-8,12-14,16H,2-6,9-11H2,1H3. The molecule has 19 heavy (non-hydrogen) atoms. The van der Waals surface area contributed by atoms with Gasteiger partial charge in [0, 0.05) is 29.7 Å². The van der Waals surface area contributed by atoms with Crippen molar-refractivity contribution in [3.63, 3.8) is 0 Å². The maximum absolute atomic E-state index is 4.47. The summed E-state index contributed by atoms with van der Waals surface area (Å²) in [4.78, 5) is 7.21. The molecule has 3 nitrogen and oxygen atoms in total. The molecule has 2 fully saturated rings. The first-order valence-corrected chi connectivity index (χ1v) is 8.62. The monoisotopic (exact) mass is 279 g/mol. The van der Waals surface area contributed by atoms with E-state index in [4.69, 9.17) is 0 Å². The highest BCUT2D eigenvalue weighted by Gasteiger charge is 2.38. The summed E-state index contributed by atoms with van der Waals surface area (Å²) in [6.07, 6.45) is 10.0. The highest BCUT2D eigenvalue weighted by atomic mass is 32.1. The van der Waals surface area contributed by atoms with Gasteiger partial charge in [0.25, 0.3) is 0 Å². The molecule has 2 aliphatic rings.